The minimum atomic E-state index is -0.576. The molecule has 1 aromatic carbocycles. The van der Waals surface area contributed by atoms with Crippen LogP contribution in [0.5, 0.6) is 0 Å². The third kappa shape index (κ3) is 2.88. The Hall–Kier alpha value is -2.15. The van der Waals surface area contributed by atoms with Gasteiger partial charge in [-0.05, 0) is 19.1 Å². The lowest BCUT2D eigenvalue weighted by Gasteiger charge is -2.33. The van der Waals surface area contributed by atoms with Crippen LogP contribution in [0.4, 0.5) is 11.4 Å². The van der Waals surface area contributed by atoms with E-state index in [1.165, 1.54) is 13.2 Å². The lowest BCUT2D eigenvalue weighted by Crippen LogP contribution is -2.49. The van der Waals surface area contributed by atoms with Gasteiger partial charge in [-0.25, -0.2) is 4.79 Å². The zero-order valence-electron chi connectivity index (χ0n) is 11.5. The normalized spacial score (nSPS) is 18.7. The van der Waals surface area contributed by atoms with Crippen LogP contribution in [0.15, 0.2) is 18.2 Å². The average molecular weight is 279 g/mol. The van der Waals surface area contributed by atoms with Crippen molar-refractivity contribution in [3.05, 3.63) is 33.9 Å². The zero-order chi connectivity index (χ0) is 14.7. The minimum Gasteiger partial charge on any atom is -0.465 e. The van der Waals surface area contributed by atoms with Gasteiger partial charge in [0, 0.05) is 31.7 Å². The SMILES string of the molecule is COC(=O)c1ccc(N2CCNC(C)C2)c([N+](=O)[O-])c1. The van der Waals surface area contributed by atoms with Crippen LogP contribution in [0.3, 0.4) is 0 Å². The van der Waals surface area contributed by atoms with E-state index in [2.05, 4.69) is 10.1 Å². The fourth-order valence-electron chi connectivity index (χ4n) is 2.33. The summed E-state index contributed by atoms with van der Waals surface area (Å²) in [4.78, 5) is 24.2. The molecule has 7 heteroatoms. The summed E-state index contributed by atoms with van der Waals surface area (Å²) >= 11 is 0. The molecule has 20 heavy (non-hydrogen) atoms. The lowest BCUT2D eigenvalue weighted by molar-refractivity contribution is -0.384. The van der Waals surface area contributed by atoms with Crippen molar-refractivity contribution in [3.63, 3.8) is 0 Å². The molecule has 1 N–H and O–H groups in total. The standard InChI is InChI=1S/C13H17N3O4/c1-9-8-15(6-5-14-9)11-4-3-10(13(17)20-2)7-12(11)16(18)19/h3-4,7,9,14H,5-6,8H2,1-2H3. The van der Waals surface area contributed by atoms with E-state index in [4.69, 9.17) is 0 Å². The van der Waals surface area contributed by atoms with Crippen molar-refractivity contribution in [3.8, 4) is 0 Å². The summed E-state index contributed by atoms with van der Waals surface area (Å²) in [5, 5.41) is 14.5. The molecule has 1 fully saturated rings. The average Bonchev–Trinajstić information content (AvgIpc) is 2.45. The van der Waals surface area contributed by atoms with E-state index in [1.54, 1.807) is 12.1 Å². The lowest BCUT2D eigenvalue weighted by atomic mass is 10.1. The Morgan fingerprint density at radius 2 is 2.30 bits per heavy atom. The fraction of sp³-hybridized carbons (Fsp3) is 0.462. The zero-order valence-corrected chi connectivity index (χ0v) is 11.5. The molecule has 0 aliphatic carbocycles. The number of nitro benzene ring substituents is 1. The van der Waals surface area contributed by atoms with Crippen LogP contribution in [0.2, 0.25) is 0 Å². The first-order chi connectivity index (χ1) is 9.52. The predicted octanol–water partition coefficient (Wildman–Crippen LogP) is 1.18. The second kappa shape index (κ2) is 5.87. The van der Waals surface area contributed by atoms with Crippen LogP contribution >= 0.6 is 0 Å². The molecule has 2 rings (SSSR count). The first-order valence-corrected chi connectivity index (χ1v) is 6.38. The second-order valence-electron chi connectivity index (χ2n) is 4.75. The number of benzene rings is 1. The first-order valence-electron chi connectivity index (χ1n) is 6.38. The Balaban J connectivity index is 2.37. The molecule has 0 aromatic heterocycles. The highest BCUT2D eigenvalue weighted by Gasteiger charge is 2.25. The Bertz CT molecular complexity index is 532. The van der Waals surface area contributed by atoms with Crippen molar-refractivity contribution < 1.29 is 14.5 Å². The van der Waals surface area contributed by atoms with Gasteiger partial charge >= 0.3 is 5.97 Å². The van der Waals surface area contributed by atoms with Gasteiger partial charge in [-0.1, -0.05) is 0 Å². The first kappa shape index (κ1) is 14.3. The summed E-state index contributed by atoms with van der Waals surface area (Å²) in [6.45, 7) is 4.19. The quantitative estimate of drug-likeness (QED) is 0.508. The highest BCUT2D eigenvalue weighted by Crippen LogP contribution is 2.30. The van der Waals surface area contributed by atoms with Gasteiger partial charge in [-0.3, -0.25) is 10.1 Å². The number of nitro groups is 1. The van der Waals surface area contributed by atoms with E-state index in [-0.39, 0.29) is 17.3 Å². The van der Waals surface area contributed by atoms with E-state index in [9.17, 15) is 14.9 Å². The molecule has 108 valence electrons. The number of anilines is 1. The number of piperazine rings is 1. The van der Waals surface area contributed by atoms with Gasteiger partial charge in [0.25, 0.3) is 5.69 Å². The van der Waals surface area contributed by atoms with E-state index in [0.717, 1.165) is 6.54 Å². The Kier molecular flexibility index (Phi) is 4.19. The fourth-order valence-corrected chi connectivity index (χ4v) is 2.33. The molecular weight excluding hydrogens is 262 g/mol. The number of nitrogens with one attached hydrogen (secondary N) is 1. The molecule has 0 bridgehead atoms. The van der Waals surface area contributed by atoms with Gasteiger partial charge in [-0.2, -0.15) is 0 Å². The maximum Gasteiger partial charge on any atom is 0.338 e. The summed E-state index contributed by atoms with van der Waals surface area (Å²) in [6, 6.07) is 4.71. The molecule has 1 heterocycles. The molecule has 1 unspecified atom stereocenters. The van der Waals surface area contributed by atoms with E-state index >= 15 is 0 Å². The predicted molar refractivity (Wildman–Crippen MR) is 74.1 cm³/mol. The number of ether oxygens (including phenoxy) is 1. The van der Waals surface area contributed by atoms with Crippen molar-refractivity contribution in [1.82, 2.24) is 5.32 Å². The third-order valence-electron chi connectivity index (χ3n) is 3.30. The number of hydrogen-bond acceptors (Lipinski definition) is 6. The van der Waals surface area contributed by atoms with Crippen molar-refractivity contribution in [2.24, 2.45) is 0 Å². The third-order valence-corrected chi connectivity index (χ3v) is 3.30. The Labute approximate surface area is 116 Å². The molecule has 0 amide bonds. The number of methoxy groups -OCH3 is 1. The summed E-state index contributed by atoms with van der Waals surface area (Å²) in [5.41, 5.74) is 0.657. The van der Waals surface area contributed by atoms with Gasteiger partial charge in [-0.15, -0.1) is 0 Å². The van der Waals surface area contributed by atoms with E-state index in [1.807, 2.05) is 11.8 Å². The molecule has 0 spiro atoms. The smallest absolute Gasteiger partial charge is 0.338 e. The van der Waals surface area contributed by atoms with Gasteiger partial charge in [0.05, 0.1) is 17.6 Å². The number of nitrogens with zero attached hydrogens (tertiary/aromatic N) is 2. The second-order valence-corrected chi connectivity index (χ2v) is 4.75. The summed E-state index contributed by atoms with van der Waals surface area (Å²) in [5.74, 6) is -0.576. The maximum absolute atomic E-state index is 11.5. The number of carbonyl (C=O) groups excluding carboxylic acids is 1. The molecule has 1 aliphatic rings. The van der Waals surface area contributed by atoms with E-state index in [0.29, 0.717) is 18.8 Å². The van der Waals surface area contributed by atoms with E-state index < -0.39 is 10.9 Å². The molecule has 0 radical (unpaired) electrons. The van der Waals surface area contributed by atoms with Crippen molar-refractivity contribution >= 4 is 17.3 Å². The molecule has 7 nitrogen and oxygen atoms in total. The Morgan fingerprint density at radius 1 is 1.55 bits per heavy atom. The minimum absolute atomic E-state index is 0.0676. The maximum atomic E-state index is 11.5. The number of esters is 1. The highest BCUT2D eigenvalue weighted by molar-refractivity contribution is 5.91. The van der Waals surface area contributed by atoms with Crippen LogP contribution in [0, 0.1) is 10.1 Å². The van der Waals surface area contributed by atoms with Crippen molar-refractivity contribution in [2.45, 2.75) is 13.0 Å². The monoisotopic (exact) mass is 279 g/mol. The molecular formula is C13H17N3O4. The van der Waals surface area contributed by atoms with Gasteiger partial charge in [0.1, 0.15) is 5.69 Å². The Morgan fingerprint density at radius 3 is 2.90 bits per heavy atom. The van der Waals surface area contributed by atoms with Crippen LogP contribution < -0.4 is 10.2 Å². The summed E-state index contributed by atoms with van der Waals surface area (Å²) in [7, 11) is 1.25. The largest absolute Gasteiger partial charge is 0.465 e. The van der Waals surface area contributed by atoms with Crippen LogP contribution in [-0.4, -0.2) is 43.7 Å². The van der Waals surface area contributed by atoms with Gasteiger partial charge in [0.2, 0.25) is 0 Å². The number of hydrogen-bond donors (Lipinski definition) is 1. The number of rotatable bonds is 3. The van der Waals surface area contributed by atoms with Gasteiger partial charge in [0.15, 0.2) is 0 Å². The number of carbonyl (C=O) groups is 1. The van der Waals surface area contributed by atoms with Crippen molar-refractivity contribution in [1.29, 1.82) is 0 Å². The van der Waals surface area contributed by atoms with Crippen molar-refractivity contribution in [2.75, 3.05) is 31.6 Å². The molecule has 1 aliphatic heterocycles. The molecule has 1 atom stereocenters. The highest BCUT2D eigenvalue weighted by atomic mass is 16.6. The topological polar surface area (TPSA) is 84.7 Å². The molecule has 0 saturated carbocycles. The van der Waals surface area contributed by atoms with Crippen LogP contribution in [-0.2, 0) is 4.74 Å². The molecule has 1 aromatic rings. The van der Waals surface area contributed by atoms with Crippen LogP contribution in [0.25, 0.3) is 0 Å². The molecule has 1 saturated heterocycles. The summed E-state index contributed by atoms with van der Waals surface area (Å²) < 4.78 is 4.59. The summed E-state index contributed by atoms with van der Waals surface area (Å²) in [6.07, 6.45) is 0. The van der Waals surface area contributed by atoms with Gasteiger partial charge < -0.3 is 15.0 Å². The van der Waals surface area contributed by atoms with Crippen LogP contribution in [0.1, 0.15) is 17.3 Å².